The number of aromatic nitrogens is 3. The Hall–Kier alpha value is -12.5. The molecule has 2 aliphatic carbocycles. The predicted octanol–water partition coefficient (Wildman–Crippen LogP) is 25.2. The molecule has 14 aromatic carbocycles. The van der Waals surface area contributed by atoms with Crippen LogP contribution in [-0.2, 0) is 10.8 Å². The molecule has 0 aliphatic heterocycles. The van der Waals surface area contributed by atoms with Crippen LogP contribution in [0.1, 0.15) is 49.9 Å². The van der Waals surface area contributed by atoms with Crippen LogP contribution in [-0.4, -0.2) is 14.1 Å². The quantitative estimate of drug-likeness (QED) is 0.144. The van der Waals surface area contributed by atoms with Crippen molar-refractivity contribution in [1.29, 1.82) is 0 Å². The minimum atomic E-state index is -0.247. The van der Waals surface area contributed by atoms with E-state index in [0.717, 1.165) is 67.2 Å². The van der Waals surface area contributed by atoms with E-state index < -0.39 is 0 Å². The molecule has 0 atom stereocenters. The van der Waals surface area contributed by atoms with Crippen LogP contribution in [0.3, 0.4) is 0 Å². The molecule has 2 aliphatic rings. The Labute approximate surface area is 574 Å². The molecule has 6 heteroatoms. The molecule has 0 bridgehead atoms. The van der Waals surface area contributed by atoms with E-state index in [1.807, 2.05) is 30.6 Å². The van der Waals surface area contributed by atoms with Crippen molar-refractivity contribution < 1.29 is 4.42 Å². The van der Waals surface area contributed by atoms with Gasteiger partial charge < -0.3 is 23.4 Å². The number of hydrogen-bond acceptors (Lipinski definition) is 4. The third-order valence-electron chi connectivity index (χ3n) is 21.2. The van der Waals surface area contributed by atoms with E-state index in [0.29, 0.717) is 0 Å². The number of hydrogen-bond donors (Lipinski definition) is 0. The second-order valence-electron chi connectivity index (χ2n) is 27.5. The normalized spacial score (nSPS) is 13.2. The predicted molar refractivity (Wildman–Crippen MR) is 414 cm³/mol. The fourth-order valence-corrected chi connectivity index (χ4v) is 16.5. The zero-order chi connectivity index (χ0) is 66.1. The second-order valence-corrected chi connectivity index (χ2v) is 27.5. The Balaban J connectivity index is 0.000000139. The summed E-state index contributed by atoms with van der Waals surface area (Å²) in [5.74, 6) is 0. The number of benzene rings is 14. The summed E-state index contributed by atoms with van der Waals surface area (Å²) < 4.78 is 11.3. The van der Waals surface area contributed by atoms with E-state index in [1.54, 1.807) is 0 Å². The van der Waals surface area contributed by atoms with Gasteiger partial charge in [-0.25, -0.2) is 0 Å². The Morgan fingerprint density at radius 1 is 0.293 bits per heavy atom. The van der Waals surface area contributed by atoms with Gasteiger partial charge in [-0.05, 0) is 188 Å². The fourth-order valence-electron chi connectivity index (χ4n) is 16.5. The SMILES string of the molecule is CC1(C)c2cc(N(c3ccccc3)c3ccc4c(c3)oc3ccccc34)ccc2-c2c1cc(-n1c3ccccc3c3ccccc31)c1ccccc21.CC1(C)c2ccc(-n3c4ccccc4c4ccccc43)cc2-c2ccc(N(c3ccccc3)c3ccc(-c4cccnc4)cc3)cc21. The van der Waals surface area contributed by atoms with Gasteiger partial charge in [0.15, 0.2) is 0 Å². The summed E-state index contributed by atoms with van der Waals surface area (Å²) >= 11 is 0. The highest BCUT2D eigenvalue weighted by Crippen LogP contribution is 2.56. The minimum absolute atomic E-state index is 0.146. The van der Waals surface area contributed by atoms with Crippen LogP contribution in [0.2, 0.25) is 0 Å². The summed E-state index contributed by atoms with van der Waals surface area (Å²) in [5, 5.41) is 9.92. The molecule has 6 nitrogen and oxygen atoms in total. The van der Waals surface area contributed by atoms with Crippen LogP contribution >= 0.6 is 0 Å². The van der Waals surface area contributed by atoms with Gasteiger partial charge in [-0.3, -0.25) is 4.98 Å². The molecule has 0 saturated carbocycles. The highest BCUT2D eigenvalue weighted by Gasteiger charge is 2.39. The van der Waals surface area contributed by atoms with Crippen LogP contribution < -0.4 is 9.80 Å². The molecule has 4 aromatic heterocycles. The Morgan fingerprint density at radius 2 is 0.758 bits per heavy atom. The lowest BCUT2D eigenvalue weighted by molar-refractivity contribution is 0.660. The van der Waals surface area contributed by atoms with Gasteiger partial charge in [0.1, 0.15) is 11.2 Å². The molecule has 0 fully saturated rings. The Kier molecular flexibility index (Phi) is 13.2. The smallest absolute Gasteiger partial charge is 0.137 e. The van der Waals surface area contributed by atoms with E-state index in [4.69, 9.17) is 4.42 Å². The van der Waals surface area contributed by atoms with Crippen molar-refractivity contribution in [1.82, 2.24) is 14.1 Å². The maximum atomic E-state index is 6.37. The zero-order valence-corrected chi connectivity index (χ0v) is 55.4. The Morgan fingerprint density at radius 3 is 1.36 bits per heavy atom. The largest absolute Gasteiger partial charge is 0.456 e. The van der Waals surface area contributed by atoms with Crippen LogP contribution in [0.5, 0.6) is 0 Å². The lowest BCUT2D eigenvalue weighted by Gasteiger charge is -2.28. The van der Waals surface area contributed by atoms with Gasteiger partial charge >= 0.3 is 0 Å². The van der Waals surface area contributed by atoms with Gasteiger partial charge in [-0.1, -0.05) is 216 Å². The molecule has 0 unspecified atom stereocenters. The number of pyridine rings is 1. The lowest BCUT2D eigenvalue weighted by atomic mass is 9.81. The molecule has 99 heavy (non-hydrogen) atoms. The average molecular weight is 1270 g/mol. The molecule has 4 heterocycles. The maximum Gasteiger partial charge on any atom is 0.137 e. The van der Waals surface area contributed by atoms with Crippen molar-refractivity contribution >= 4 is 110 Å². The topological polar surface area (TPSA) is 42.4 Å². The van der Waals surface area contributed by atoms with E-state index >= 15 is 0 Å². The van der Waals surface area contributed by atoms with Crippen molar-refractivity contribution in [2.45, 2.75) is 38.5 Å². The van der Waals surface area contributed by atoms with Crippen molar-refractivity contribution in [2.24, 2.45) is 0 Å². The van der Waals surface area contributed by atoms with Gasteiger partial charge in [-0.2, -0.15) is 0 Å². The van der Waals surface area contributed by atoms with Gasteiger partial charge in [0, 0.05) is 107 Å². The third kappa shape index (κ3) is 9.13. The van der Waals surface area contributed by atoms with Crippen LogP contribution in [0, 0.1) is 0 Å². The van der Waals surface area contributed by atoms with Gasteiger partial charge in [0.25, 0.3) is 0 Å². The molecule has 0 N–H and O–H groups in total. The summed E-state index contributed by atoms with van der Waals surface area (Å²) in [7, 11) is 0. The lowest BCUT2D eigenvalue weighted by Crippen LogP contribution is -2.17. The zero-order valence-electron chi connectivity index (χ0n) is 55.4. The summed E-state index contributed by atoms with van der Waals surface area (Å²) in [6.07, 6.45) is 3.73. The summed E-state index contributed by atoms with van der Waals surface area (Å²) in [5.41, 5.74) is 28.3. The second kappa shape index (κ2) is 22.6. The third-order valence-corrected chi connectivity index (χ3v) is 21.2. The first kappa shape index (κ1) is 57.9. The first-order chi connectivity index (χ1) is 48.6. The molecule has 0 amide bonds. The van der Waals surface area contributed by atoms with Gasteiger partial charge in [0.2, 0.25) is 0 Å². The number of nitrogens with zero attached hydrogens (tertiary/aromatic N) is 5. The molecule has 0 radical (unpaired) electrons. The number of furan rings is 1. The van der Waals surface area contributed by atoms with E-state index in [1.165, 1.54) is 110 Å². The Bertz CT molecular complexity index is 6130. The molecule has 470 valence electrons. The van der Waals surface area contributed by atoms with Crippen LogP contribution in [0.25, 0.3) is 121 Å². The molecule has 20 rings (SSSR count). The number of rotatable bonds is 9. The highest BCUT2D eigenvalue weighted by molar-refractivity contribution is 6.14. The van der Waals surface area contributed by atoms with Crippen LogP contribution in [0.15, 0.2) is 338 Å². The maximum absolute atomic E-state index is 6.37. The number of anilines is 6. The van der Waals surface area contributed by atoms with Gasteiger partial charge in [0.05, 0.1) is 27.8 Å². The fraction of sp³-hybridized carbons (Fsp3) is 0.0645. The average Bonchev–Trinajstić information content (AvgIpc) is 1.56. The summed E-state index contributed by atoms with van der Waals surface area (Å²) in [4.78, 5) is 9.02. The van der Waals surface area contributed by atoms with Crippen molar-refractivity contribution in [2.75, 3.05) is 9.80 Å². The van der Waals surface area contributed by atoms with E-state index in [2.05, 4.69) is 355 Å². The van der Waals surface area contributed by atoms with Crippen molar-refractivity contribution in [3.8, 4) is 44.8 Å². The highest BCUT2D eigenvalue weighted by atomic mass is 16.3. The molecular formula is C93H67N5O. The first-order valence-electron chi connectivity index (χ1n) is 34.2. The monoisotopic (exact) mass is 1270 g/mol. The summed E-state index contributed by atoms with van der Waals surface area (Å²) in [6.45, 7) is 9.49. The summed E-state index contributed by atoms with van der Waals surface area (Å²) in [6, 6.07) is 117. The van der Waals surface area contributed by atoms with E-state index in [9.17, 15) is 0 Å². The molecular weight excluding hydrogens is 1200 g/mol. The van der Waals surface area contributed by atoms with Crippen LogP contribution in [0.4, 0.5) is 34.1 Å². The number of para-hydroxylation sites is 7. The standard InChI is InChI=1S/C49H34N2O.C44H33N3/c1-49(2)41-28-32(50(31-14-4-3-5-15-31)33-24-26-38-37-19-10-13-23-46(37)52-47(38)29-33)25-27-40(41)48-39-20-7-6-18-36(39)45(30-42(48)49)51-43-21-11-8-16-34(43)35-17-9-12-22-44(35)51;1-44(2)40-25-23-34(47-42-16-8-6-14-37(42)38-15-7-9-17-43(38)47)27-39(40)36-24-22-35(28-41(36)44)46(32-12-4-3-5-13-32)33-20-18-30(19-21-33)31-11-10-26-45-29-31/h3-30H,1-2H3;3-29H,1-2H3. The number of fused-ring (bicyclic) bond motifs is 17. The van der Waals surface area contributed by atoms with E-state index in [-0.39, 0.29) is 10.8 Å². The minimum Gasteiger partial charge on any atom is -0.456 e. The van der Waals surface area contributed by atoms with Crippen molar-refractivity contribution in [3.63, 3.8) is 0 Å². The molecule has 0 saturated heterocycles. The first-order valence-corrected chi connectivity index (χ1v) is 34.2. The van der Waals surface area contributed by atoms with Crippen molar-refractivity contribution in [3.05, 3.63) is 356 Å². The molecule has 0 spiro atoms. The molecule has 18 aromatic rings. The van der Waals surface area contributed by atoms with Gasteiger partial charge in [-0.15, -0.1) is 0 Å².